The lowest BCUT2D eigenvalue weighted by molar-refractivity contribution is 0.548. The minimum absolute atomic E-state index is 0.0616. The lowest BCUT2D eigenvalue weighted by Gasteiger charge is -2.16. The van der Waals surface area contributed by atoms with Gasteiger partial charge in [0.05, 0.1) is 11.8 Å². The first-order valence-electron chi connectivity index (χ1n) is 4.85. The van der Waals surface area contributed by atoms with E-state index in [1.54, 1.807) is 0 Å². The van der Waals surface area contributed by atoms with Crippen molar-refractivity contribution in [3.05, 3.63) is 17.5 Å². The smallest absolute Gasteiger partial charge is 0.0710 e. The van der Waals surface area contributed by atoms with Crippen molar-refractivity contribution >= 4 is 0 Å². The molecule has 14 heavy (non-hydrogen) atoms. The van der Waals surface area contributed by atoms with Crippen LogP contribution in [0, 0.1) is 11.3 Å². The van der Waals surface area contributed by atoms with Gasteiger partial charge >= 0.3 is 0 Å². The molecule has 0 fully saturated rings. The maximum Gasteiger partial charge on any atom is 0.0710 e. The van der Waals surface area contributed by atoms with E-state index in [0.29, 0.717) is 6.42 Å². The quantitative estimate of drug-likeness (QED) is 0.719. The standard InChI is InChI=1S/C11H17N3/c1-11(2,3)10-9(6-5-7-12)8-14(4)13-10/h8H,5-6H2,1-4H3. The number of nitriles is 1. The van der Waals surface area contributed by atoms with E-state index in [9.17, 15) is 0 Å². The zero-order valence-corrected chi connectivity index (χ0v) is 9.33. The third kappa shape index (κ3) is 2.35. The molecule has 0 bridgehead atoms. The molecule has 1 aromatic heterocycles. The highest BCUT2D eigenvalue weighted by Gasteiger charge is 2.21. The van der Waals surface area contributed by atoms with Crippen molar-refractivity contribution in [1.82, 2.24) is 9.78 Å². The van der Waals surface area contributed by atoms with Gasteiger partial charge in [0.25, 0.3) is 0 Å². The molecular formula is C11H17N3. The van der Waals surface area contributed by atoms with Crippen LogP contribution in [0.25, 0.3) is 0 Å². The summed E-state index contributed by atoms with van der Waals surface area (Å²) in [6.45, 7) is 6.43. The monoisotopic (exact) mass is 191 g/mol. The van der Waals surface area contributed by atoms with Gasteiger partial charge in [0.2, 0.25) is 0 Å². The second-order valence-corrected chi connectivity index (χ2v) is 4.58. The van der Waals surface area contributed by atoms with Crippen LogP contribution < -0.4 is 0 Å². The van der Waals surface area contributed by atoms with Crippen molar-refractivity contribution in [2.75, 3.05) is 0 Å². The molecule has 1 aromatic rings. The second kappa shape index (κ2) is 3.83. The summed E-state index contributed by atoms with van der Waals surface area (Å²) in [5.74, 6) is 0. The van der Waals surface area contributed by atoms with Gasteiger partial charge < -0.3 is 0 Å². The van der Waals surface area contributed by atoms with Crippen molar-refractivity contribution in [2.24, 2.45) is 7.05 Å². The SMILES string of the molecule is Cn1cc(CCC#N)c(C(C)(C)C)n1. The lowest BCUT2D eigenvalue weighted by atomic mass is 9.88. The van der Waals surface area contributed by atoms with Crippen molar-refractivity contribution in [3.63, 3.8) is 0 Å². The van der Waals surface area contributed by atoms with Gasteiger partial charge in [-0.25, -0.2) is 0 Å². The highest BCUT2D eigenvalue weighted by molar-refractivity contribution is 5.24. The Morgan fingerprint density at radius 2 is 2.14 bits per heavy atom. The van der Waals surface area contributed by atoms with Gasteiger partial charge in [-0.3, -0.25) is 4.68 Å². The number of rotatable bonds is 2. The van der Waals surface area contributed by atoms with Crippen molar-refractivity contribution in [1.29, 1.82) is 5.26 Å². The molecule has 1 heterocycles. The van der Waals surface area contributed by atoms with E-state index in [1.165, 1.54) is 5.56 Å². The third-order valence-corrected chi connectivity index (χ3v) is 2.12. The molecule has 0 aliphatic heterocycles. The first-order valence-corrected chi connectivity index (χ1v) is 4.85. The molecule has 1 rings (SSSR count). The van der Waals surface area contributed by atoms with Crippen LogP contribution in [-0.4, -0.2) is 9.78 Å². The average molecular weight is 191 g/mol. The van der Waals surface area contributed by atoms with Crippen LogP contribution >= 0.6 is 0 Å². The van der Waals surface area contributed by atoms with Gasteiger partial charge in [0.15, 0.2) is 0 Å². The predicted molar refractivity (Wildman–Crippen MR) is 55.8 cm³/mol. The molecule has 0 aliphatic rings. The molecule has 0 amide bonds. The molecule has 0 N–H and O–H groups in total. The number of aryl methyl sites for hydroxylation is 2. The maximum absolute atomic E-state index is 8.55. The molecule has 0 saturated carbocycles. The van der Waals surface area contributed by atoms with Crippen LogP contribution in [0.3, 0.4) is 0 Å². The van der Waals surface area contributed by atoms with E-state index in [4.69, 9.17) is 5.26 Å². The van der Waals surface area contributed by atoms with E-state index in [2.05, 4.69) is 31.9 Å². The summed E-state index contributed by atoms with van der Waals surface area (Å²) in [5.41, 5.74) is 2.36. The summed E-state index contributed by atoms with van der Waals surface area (Å²) in [5, 5.41) is 13.0. The van der Waals surface area contributed by atoms with Gasteiger partial charge in [-0.15, -0.1) is 0 Å². The van der Waals surface area contributed by atoms with Gasteiger partial charge in [0, 0.05) is 25.1 Å². The van der Waals surface area contributed by atoms with Crippen LogP contribution in [0.1, 0.15) is 38.4 Å². The largest absolute Gasteiger partial charge is 0.275 e. The average Bonchev–Trinajstić information content (AvgIpc) is 2.42. The number of hydrogen-bond acceptors (Lipinski definition) is 2. The molecule has 0 aliphatic carbocycles. The summed E-state index contributed by atoms with van der Waals surface area (Å²) in [6, 6.07) is 2.17. The van der Waals surface area contributed by atoms with E-state index in [1.807, 2.05) is 17.9 Å². The summed E-state index contributed by atoms with van der Waals surface area (Å²) in [4.78, 5) is 0. The highest BCUT2D eigenvalue weighted by atomic mass is 15.3. The van der Waals surface area contributed by atoms with Crippen molar-refractivity contribution in [3.8, 4) is 6.07 Å². The molecular weight excluding hydrogens is 174 g/mol. The maximum atomic E-state index is 8.55. The summed E-state index contributed by atoms with van der Waals surface area (Å²) in [6.07, 6.45) is 3.38. The van der Waals surface area contributed by atoms with Crippen LogP contribution in [0.5, 0.6) is 0 Å². The minimum atomic E-state index is 0.0616. The lowest BCUT2D eigenvalue weighted by Crippen LogP contribution is -2.14. The minimum Gasteiger partial charge on any atom is -0.275 e. The fraction of sp³-hybridized carbons (Fsp3) is 0.636. The number of hydrogen-bond donors (Lipinski definition) is 0. The van der Waals surface area contributed by atoms with Gasteiger partial charge in [0.1, 0.15) is 0 Å². The van der Waals surface area contributed by atoms with Gasteiger partial charge in [-0.05, 0) is 12.0 Å². The second-order valence-electron chi connectivity index (χ2n) is 4.58. The Morgan fingerprint density at radius 3 is 2.64 bits per heavy atom. The molecule has 0 spiro atoms. The Bertz CT molecular complexity index is 350. The fourth-order valence-corrected chi connectivity index (χ4v) is 1.54. The van der Waals surface area contributed by atoms with E-state index in [0.717, 1.165) is 12.1 Å². The molecule has 0 aromatic carbocycles. The molecule has 76 valence electrons. The molecule has 0 unspecified atom stereocenters. The predicted octanol–water partition coefficient (Wildman–Crippen LogP) is 2.17. The highest BCUT2D eigenvalue weighted by Crippen LogP contribution is 2.24. The van der Waals surface area contributed by atoms with Crippen molar-refractivity contribution < 1.29 is 0 Å². The molecule has 0 radical (unpaired) electrons. The van der Waals surface area contributed by atoms with Crippen LogP contribution in [0.2, 0.25) is 0 Å². The Kier molecular flexibility index (Phi) is 2.95. The van der Waals surface area contributed by atoms with Crippen molar-refractivity contribution in [2.45, 2.75) is 39.0 Å². The van der Waals surface area contributed by atoms with Crippen LogP contribution in [0.15, 0.2) is 6.20 Å². The summed E-state index contributed by atoms with van der Waals surface area (Å²) in [7, 11) is 1.92. The van der Waals surface area contributed by atoms with E-state index in [-0.39, 0.29) is 5.41 Å². The third-order valence-electron chi connectivity index (χ3n) is 2.12. The van der Waals surface area contributed by atoms with E-state index < -0.39 is 0 Å². The molecule has 0 saturated heterocycles. The molecule has 3 heteroatoms. The molecule has 3 nitrogen and oxygen atoms in total. The number of aromatic nitrogens is 2. The Balaban J connectivity index is 2.98. The Labute approximate surface area is 85.4 Å². The zero-order valence-electron chi connectivity index (χ0n) is 9.33. The zero-order chi connectivity index (χ0) is 10.8. The summed E-state index contributed by atoms with van der Waals surface area (Å²) < 4.78 is 1.83. The molecule has 0 atom stereocenters. The Hall–Kier alpha value is -1.30. The topological polar surface area (TPSA) is 41.6 Å². The van der Waals surface area contributed by atoms with Crippen LogP contribution in [-0.2, 0) is 18.9 Å². The first-order chi connectivity index (χ1) is 6.45. The van der Waals surface area contributed by atoms with Gasteiger partial charge in [-0.1, -0.05) is 20.8 Å². The van der Waals surface area contributed by atoms with Crippen LogP contribution in [0.4, 0.5) is 0 Å². The fourth-order valence-electron chi connectivity index (χ4n) is 1.54. The van der Waals surface area contributed by atoms with Gasteiger partial charge in [-0.2, -0.15) is 10.4 Å². The first kappa shape index (κ1) is 10.8. The Morgan fingerprint density at radius 1 is 1.50 bits per heavy atom. The van der Waals surface area contributed by atoms with E-state index >= 15 is 0 Å². The normalized spacial score (nSPS) is 11.4. The summed E-state index contributed by atoms with van der Waals surface area (Å²) >= 11 is 0. The number of nitrogens with zero attached hydrogens (tertiary/aromatic N) is 3.